The molecule has 0 unspecified atom stereocenters. The number of carbonyl (C=O) groups excluding carboxylic acids is 1. The molecule has 0 spiro atoms. The number of amides is 1. The Morgan fingerprint density at radius 2 is 1.85 bits per heavy atom. The molecule has 0 fully saturated rings. The van der Waals surface area contributed by atoms with Gasteiger partial charge in [0.15, 0.2) is 0 Å². The Labute approximate surface area is 154 Å². The van der Waals surface area contributed by atoms with Gasteiger partial charge in [-0.1, -0.05) is 6.07 Å². The van der Waals surface area contributed by atoms with Crippen molar-refractivity contribution in [1.82, 2.24) is 15.0 Å². The number of aromatic nitrogens is 3. The molecule has 0 saturated carbocycles. The summed E-state index contributed by atoms with van der Waals surface area (Å²) >= 11 is 0. The molecule has 3 N–H and O–H groups in total. The fourth-order valence-electron chi connectivity index (χ4n) is 2.67. The van der Waals surface area contributed by atoms with E-state index < -0.39 is 0 Å². The van der Waals surface area contributed by atoms with E-state index in [1.165, 1.54) is 0 Å². The fraction of sp³-hybridized carbons (Fsp3) is 0.0500. The summed E-state index contributed by atoms with van der Waals surface area (Å²) < 4.78 is 5.69. The van der Waals surface area contributed by atoms with Gasteiger partial charge in [0.05, 0.1) is 11.0 Å². The molecule has 0 aliphatic carbocycles. The third-order valence-corrected chi connectivity index (χ3v) is 4.02. The van der Waals surface area contributed by atoms with E-state index in [0.29, 0.717) is 34.6 Å². The van der Waals surface area contributed by atoms with Gasteiger partial charge in [-0.15, -0.1) is 0 Å². The van der Waals surface area contributed by atoms with Crippen molar-refractivity contribution in [3.63, 3.8) is 0 Å². The topological polar surface area (TPSA) is 99.9 Å². The lowest BCUT2D eigenvalue weighted by molar-refractivity contribution is 0.102. The van der Waals surface area contributed by atoms with Crippen LogP contribution in [0.2, 0.25) is 0 Å². The average molecular weight is 360 g/mol. The number of imidazole rings is 1. The highest BCUT2D eigenvalue weighted by Gasteiger charge is 2.08. The summed E-state index contributed by atoms with van der Waals surface area (Å²) in [5.41, 5.74) is 3.11. The molecule has 7 nitrogen and oxygen atoms in total. The molecule has 0 radical (unpaired) electrons. The molecule has 4 aromatic rings. The van der Waals surface area contributed by atoms with Crippen LogP contribution in [-0.2, 0) is 6.61 Å². The van der Waals surface area contributed by atoms with E-state index in [0.717, 1.165) is 5.56 Å². The van der Waals surface area contributed by atoms with Crippen LogP contribution in [0.3, 0.4) is 0 Å². The number of nitrogens with zero attached hydrogens (tertiary/aromatic N) is 1. The van der Waals surface area contributed by atoms with E-state index in [9.17, 15) is 9.59 Å². The van der Waals surface area contributed by atoms with E-state index in [1.54, 1.807) is 54.9 Å². The van der Waals surface area contributed by atoms with Gasteiger partial charge in [0, 0.05) is 29.2 Å². The highest BCUT2D eigenvalue weighted by molar-refractivity contribution is 6.05. The second-order valence-electron chi connectivity index (χ2n) is 5.97. The maximum absolute atomic E-state index is 12.4. The molecular weight excluding hydrogens is 344 g/mol. The number of hydrogen-bond donors (Lipinski definition) is 3. The number of ether oxygens (including phenoxy) is 1. The van der Waals surface area contributed by atoms with Crippen molar-refractivity contribution in [3.05, 3.63) is 88.6 Å². The zero-order valence-electron chi connectivity index (χ0n) is 14.2. The van der Waals surface area contributed by atoms with E-state index in [2.05, 4.69) is 20.3 Å². The van der Waals surface area contributed by atoms with E-state index >= 15 is 0 Å². The lowest BCUT2D eigenvalue weighted by Gasteiger charge is -2.08. The number of anilines is 1. The van der Waals surface area contributed by atoms with Gasteiger partial charge in [0.25, 0.3) is 5.91 Å². The van der Waals surface area contributed by atoms with E-state index in [1.807, 2.05) is 12.1 Å². The van der Waals surface area contributed by atoms with Crippen LogP contribution in [0.25, 0.3) is 11.0 Å². The SMILES string of the molecule is O=C(Nc1ccc2[nH]c(=O)[nH]c2c1)c1ccc(OCc2cccnc2)cc1. The van der Waals surface area contributed by atoms with Gasteiger partial charge in [-0.2, -0.15) is 0 Å². The standard InChI is InChI=1S/C20H16N4O3/c25-19(22-15-5-8-17-18(10-15)24-20(26)23-17)14-3-6-16(7-4-14)27-12-13-2-1-9-21-11-13/h1-11H,12H2,(H,22,25)(H2,23,24,26). The average Bonchev–Trinajstić information content (AvgIpc) is 3.07. The number of benzene rings is 2. The predicted molar refractivity (Wildman–Crippen MR) is 102 cm³/mol. The first kappa shape index (κ1) is 16.6. The minimum Gasteiger partial charge on any atom is -0.489 e. The molecule has 0 aliphatic rings. The van der Waals surface area contributed by atoms with Gasteiger partial charge in [-0.05, 0) is 48.5 Å². The molecular formula is C20H16N4O3. The Morgan fingerprint density at radius 3 is 2.63 bits per heavy atom. The van der Waals surface area contributed by atoms with Crippen molar-refractivity contribution in [3.8, 4) is 5.75 Å². The summed E-state index contributed by atoms with van der Waals surface area (Å²) in [5, 5.41) is 2.81. The molecule has 134 valence electrons. The number of carbonyl (C=O) groups is 1. The molecule has 0 aliphatic heterocycles. The van der Waals surface area contributed by atoms with Crippen LogP contribution in [0, 0.1) is 0 Å². The molecule has 7 heteroatoms. The summed E-state index contributed by atoms with van der Waals surface area (Å²) in [4.78, 5) is 33.1. The van der Waals surface area contributed by atoms with Crippen molar-refractivity contribution in [2.75, 3.05) is 5.32 Å². The highest BCUT2D eigenvalue weighted by Crippen LogP contribution is 2.18. The molecule has 0 bridgehead atoms. The number of rotatable bonds is 5. The lowest BCUT2D eigenvalue weighted by Crippen LogP contribution is -2.11. The zero-order chi connectivity index (χ0) is 18.6. The number of nitrogens with one attached hydrogen (secondary N) is 3. The Bertz CT molecular complexity index is 1130. The highest BCUT2D eigenvalue weighted by atomic mass is 16.5. The summed E-state index contributed by atoms with van der Waals surface area (Å²) in [7, 11) is 0. The van der Waals surface area contributed by atoms with Crippen LogP contribution in [0.5, 0.6) is 5.75 Å². The Balaban J connectivity index is 1.41. The third kappa shape index (κ3) is 3.87. The van der Waals surface area contributed by atoms with Crippen molar-refractivity contribution in [2.24, 2.45) is 0 Å². The number of hydrogen-bond acceptors (Lipinski definition) is 4. The second-order valence-corrected chi connectivity index (χ2v) is 5.97. The normalized spacial score (nSPS) is 10.7. The number of fused-ring (bicyclic) bond motifs is 1. The van der Waals surface area contributed by atoms with Crippen molar-refractivity contribution in [2.45, 2.75) is 6.61 Å². The molecule has 27 heavy (non-hydrogen) atoms. The Hall–Kier alpha value is -3.87. The molecule has 0 atom stereocenters. The van der Waals surface area contributed by atoms with Gasteiger partial charge in [-0.3, -0.25) is 9.78 Å². The van der Waals surface area contributed by atoms with Crippen LogP contribution in [0.15, 0.2) is 71.8 Å². The molecule has 0 saturated heterocycles. The fourth-order valence-corrected chi connectivity index (χ4v) is 2.67. The van der Waals surface area contributed by atoms with E-state index in [4.69, 9.17) is 4.74 Å². The van der Waals surface area contributed by atoms with Crippen molar-refractivity contribution in [1.29, 1.82) is 0 Å². The molecule has 2 aromatic carbocycles. The van der Waals surface area contributed by atoms with Crippen molar-refractivity contribution >= 4 is 22.6 Å². The maximum Gasteiger partial charge on any atom is 0.323 e. The second kappa shape index (κ2) is 7.17. The van der Waals surface area contributed by atoms with Gasteiger partial charge in [-0.25, -0.2) is 4.79 Å². The largest absolute Gasteiger partial charge is 0.489 e. The van der Waals surface area contributed by atoms with Crippen LogP contribution in [0.1, 0.15) is 15.9 Å². The van der Waals surface area contributed by atoms with Gasteiger partial charge in [0.1, 0.15) is 12.4 Å². The van der Waals surface area contributed by atoms with E-state index in [-0.39, 0.29) is 11.6 Å². The third-order valence-electron chi connectivity index (χ3n) is 4.02. The Morgan fingerprint density at radius 1 is 1.04 bits per heavy atom. The first-order chi connectivity index (χ1) is 13.2. The van der Waals surface area contributed by atoms with Crippen LogP contribution in [0.4, 0.5) is 5.69 Å². The molecule has 2 heterocycles. The predicted octanol–water partition coefficient (Wildman–Crippen LogP) is 3.08. The summed E-state index contributed by atoms with van der Waals surface area (Å²) in [6.45, 7) is 0.411. The molecule has 4 rings (SSSR count). The smallest absolute Gasteiger partial charge is 0.323 e. The quantitative estimate of drug-likeness (QED) is 0.509. The maximum atomic E-state index is 12.4. The number of aromatic amines is 2. The number of H-pyrrole nitrogens is 2. The lowest BCUT2D eigenvalue weighted by atomic mass is 10.2. The first-order valence-electron chi connectivity index (χ1n) is 8.32. The van der Waals surface area contributed by atoms with Crippen molar-refractivity contribution < 1.29 is 9.53 Å². The minimum atomic E-state index is -0.282. The summed E-state index contributed by atoms with van der Waals surface area (Å²) in [5.74, 6) is 0.424. The Kier molecular flexibility index (Phi) is 4.40. The monoisotopic (exact) mass is 360 g/mol. The van der Waals surface area contributed by atoms with Gasteiger partial charge in [0.2, 0.25) is 0 Å². The minimum absolute atomic E-state index is 0.244. The van der Waals surface area contributed by atoms with Gasteiger partial charge < -0.3 is 20.0 Å². The summed E-state index contributed by atoms with van der Waals surface area (Å²) in [6, 6.07) is 15.9. The van der Waals surface area contributed by atoms with Gasteiger partial charge >= 0.3 is 5.69 Å². The zero-order valence-corrected chi connectivity index (χ0v) is 14.2. The van der Waals surface area contributed by atoms with Crippen LogP contribution < -0.4 is 15.7 Å². The summed E-state index contributed by atoms with van der Waals surface area (Å²) in [6.07, 6.45) is 3.46. The van der Waals surface area contributed by atoms with Crippen LogP contribution >= 0.6 is 0 Å². The molecule has 1 amide bonds. The molecule has 2 aromatic heterocycles. The first-order valence-corrected chi connectivity index (χ1v) is 8.32. The number of pyridine rings is 1. The van der Waals surface area contributed by atoms with Crippen LogP contribution in [-0.4, -0.2) is 20.9 Å².